The van der Waals surface area contributed by atoms with Crippen LogP contribution in [0.1, 0.15) is 60.8 Å². The summed E-state index contributed by atoms with van der Waals surface area (Å²) in [6.45, 7) is 0.413. The fourth-order valence-corrected chi connectivity index (χ4v) is 5.50. The highest BCUT2D eigenvalue weighted by atomic mass is 19.3. The molecular formula is C23H28F2N6O5. The monoisotopic (exact) mass is 506 g/mol. The van der Waals surface area contributed by atoms with Crippen LogP contribution < -0.4 is 15.4 Å². The predicted molar refractivity (Wildman–Crippen MR) is 120 cm³/mol. The van der Waals surface area contributed by atoms with Gasteiger partial charge >= 0.3 is 6.09 Å². The minimum absolute atomic E-state index is 0.0355. The van der Waals surface area contributed by atoms with E-state index in [-0.39, 0.29) is 61.3 Å². The first kappa shape index (κ1) is 23.2. The number of alkyl carbamates (subject to hydrolysis) is 1. The van der Waals surface area contributed by atoms with Gasteiger partial charge in [-0.05, 0) is 25.2 Å². The summed E-state index contributed by atoms with van der Waals surface area (Å²) in [7, 11) is 1.59. The molecule has 1 aliphatic heterocycles. The summed E-state index contributed by atoms with van der Waals surface area (Å²) in [5.74, 6) is -2.01. The Morgan fingerprint density at radius 3 is 2.72 bits per heavy atom. The minimum Gasteiger partial charge on any atom is -0.476 e. The van der Waals surface area contributed by atoms with Crippen LogP contribution in [-0.2, 0) is 16.5 Å². The van der Waals surface area contributed by atoms with E-state index < -0.39 is 17.9 Å². The summed E-state index contributed by atoms with van der Waals surface area (Å²) in [5.41, 5.74) is 0.850. The van der Waals surface area contributed by atoms with Crippen molar-refractivity contribution < 1.29 is 32.6 Å². The van der Waals surface area contributed by atoms with Crippen LogP contribution in [0, 0.1) is 11.8 Å². The number of ether oxygens (including phenoxy) is 3. The van der Waals surface area contributed by atoms with Gasteiger partial charge in [-0.1, -0.05) is 0 Å². The maximum atomic E-state index is 13.0. The Bertz CT molecular complexity index is 1160. The van der Waals surface area contributed by atoms with Gasteiger partial charge in [0.1, 0.15) is 17.9 Å². The van der Waals surface area contributed by atoms with Gasteiger partial charge in [-0.3, -0.25) is 14.6 Å². The number of nitrogens with one attached hydrogen (secondary N) is 3. The molecule has 1 saturated heterocycles. The van der Waals surface area contributed by atoms with Crippen molar-refractivity contribution in [2.24, 2.45) is 18.9 Å². The first-order valence-electron chi connectivity index (χ1n) is 12.2. The quantitative estimate of drug-likeness (QED) is 0.502. The Labute approximate surface area is 205 Å². The number of hydrogen-bond acceptors (Lipinski definition) is 7. The molecule has 4 saturated carbocycles. The van der Waals surface area contributed by atoms with Crippen molar-refractivity contribution in [2.75, 3.05) is 18.5 Å². The maximum absolute atomic E-state index is 13.0. The van der Waals surface area contributed by atoms with E-state index in [9.17, 15) is 18.4 Å². The van der Waals surface area contributed by atoms with Crippen LogP contribution in [0.5, 0.6) is 5.88 Å². The Morgan fingerprint density at radius 1 is 1.25 bits per heavy atom. The van der Waals surface area contributed by atoms with Crippen molar-refractivity contribution in [3.8, 4) is 5.88 Å². The lowest BCUT2D eigenvalue weighted by atomic mass is 9.50. The average Bonchev–Trinajstić information content (AvgIpc) is 3.47. The molecule has 5 aliphatic rings. The van der Waals surface area contributed by atoms with Gasteiger partial charge in [-0.25, -0.2) is 13.6 Å². The molecule has 5 fully saturated rings. The molecule has 11 nitrogen and oxygen atoms in total. The zero-order valence-electron chi connectivity index (χ0n) is 19.8. The summed E-state index contributed by atoms with van der Waals surface area (Å²) in [5, 5.41) is 16.8. The van der Waals surface area contributed by atoms with Crippen molar-refractivity contribution in [1.82, 2.24) is 25.3 Å². The molecule has 0 spiro atoms. The number of rotatable bonds is 8. The van der Waals surface area contributed by atoms with Gasteiger partial charge in [0.15, 0.2) is 5.82 Å². The number of aromatic amines is 1. The van der Waals surface area contributed by atoms with Gasteiger partial charge in [0, 0.05) is 49.9 Å². The fraction of sp³-hybridized carbons (Fsp3) is 0.652. The number of aromatic nitrogens is 4. The number of hydrogen-bond donors (Lipinski definition) is 3. The summed E-state index contributed by atoms with van der Waals surface area (Å²) >= 11 is 0. The van der Waals surface area contributed by atoms with E-state index in [1.165, 1.54) is 10.7 Å². The molecule has 0 unspecified atom stereocenters. The highest BCUT2D eigenvalue weighted by molar-refractivity contribution is 6.02. The number of alkyl halides is 2. The van der Waals surface area contributed by atoms with E-state index >= 15 is 0 Å². The Morgan fingerprint density at radius 2 is 2.03 bits per heavy atom. The van der Waals surface area contributed by atoms with Crippen LogP contribution in [-0.4, -0.2) is 62.8 Å². The molecular weight excluding hydrogens is 478 g/mol. The number of aryl methyl sites for hydroxylation is 1. The lowest BCUT2D eigenvalue weighted by Crippen LogP contribution is -2.68. The number of halogens is 2. The lowest BCUT2D eigenvalue weighted by Gasteiger charge is -2.61. The van der Waals surface area contributed by atoms with Crippen molar-refractivity contribution in [1.29, 1.82) is 0 Å². The Kier molecular flexibility index (Phi) is 5.43. The van der Waals surface area contributed by atoms with E-state index in [4.69, 9.17) is 14.2 Å². The second-order valence-electron chi connectivity index (χ2n) is 10.6. The van der Waals surface area contributed by atoms with E-state index in [1.54, 1.807) is 13.1 Å². The molecule has 2 amide bonds. The third-order valence-corrected chi connectivity index (χ3v) is 7.56. The smallest absolute Gasteiger partial charge is 0.407 e. The van der Waals surface area contributed by atoms with Gasteiger partial charge < -0.3 is 24.8 Å². The van der Waals surface area contributed by atoms with Crippen LogP contribution >= 0.6 is 0 Å². The van der Waals surface area contributed by atoms with Gasteiger partial charge in [-0.2, -0.15) is 5.10 Å². The molecule has 2 aromatic rings. The summed E-state index contributed by atoms with van der Waals surface area (Å²) in [4.78, 5) is 24.9. The Hall–Kier alpha value is -3.22. The highest BCUT2D eigenvalue weighted by Gasteiger charge is 2.57. The lowest BCUT2D eigenvalue weighted by molar-refractivity contribution is -0.119. The number of carbonyl (C=O) groups is 2. The first-order chi connectivity index (χ1) is 17.2. The molecule has 36 heavy (non-hydrogen) atoms. The van der Waals surface area contributed by atoms with Crippen LogP contribution in [0.15, 0.2) is 12.1 Å². The van der Waals surface area contributed by atoms with Gasteiger partial charge in [-0.15, -0.1) is 5.10 Å². The molecule has 2 atom stereocenters. The van der Waals surface area contributed by atoms with Crippen molar-refractivity contribution >= 4 is 17.8 Å². The van der Waals surface area contributed by atoms with E-state index in [2.05, 4.69) is 25.9 Å². The van der Waals surface area contributed by atoms with Crippen LogP contribution in [0.2, 0.25) is 0 Å². The van der Waals surface area contributed by atoms with Crippen LogP contribution in [0.3, 0.4) is 0 Å². The van der Waals surface area contributed by atoms with Gasteiger partial charge in [0.05, 0.1) is 18.9 Å². The number of H-pyrrole nitrogens is 1. The summed E-state index contributed by atoms with van der Waals surface area (Å²) < 4.78 is 44.1. The molecule has 0 aromatic carbocycles. The number of anilines is 1. The van der Waals surface area contributed by atoms with Crippen molar-refractivity contribution in [3.63, 3.8) is 0 Å². The molecule has 194 valence electrons. The molecule has 7 rings (SSSR count). The SMILES string of the molecule is Cn1nc(OCC2CC(F)(F)C2)cc1C(=O)Nc1cc([C@H]2C[C@@H](OC(=O)NC34CC(C3)C4)CO2)[nH]n1. The number of amides is 2. The normalized spacial score (nSPS) is 30.0. The second kappa shape index (κ2) is 8.43. The number of carbonyl (C=O) groups excluding carboxylic acids is 2. The van der Waals surface area contributed by atoms with Crippen LogP contribution in [0.4, 0.5) is 19.4 Å². The molecule has 3 heterocycles. The fourth-order valence-electron chi connectivity index (χ4n) is 5.50. The van der Waals surface area contributed by atoms with Crippen molar-refractivity contribution in [3.05, 3.63) is 23.5 Å². The Balaban J connectivity index is 0.981. The zero-order valence-corrected chi connectivity index (χ0v) is 19.8. The predicted octanol–water partition coefficient (Wildman–Crippen LogP) is 2.93. The van der Waals surface area contributed by atoms with E-state index in [0.29, 0.717) is 17.9 Å². The standard InChI is InChI=1S/C23H28F2N6O5/c1-31-16(4-19(30-31)35-10-13-8-23(24,25)9-13)20(32)26-18-3-15(28-29-18)17-2-14(11-34-17)36-21(33)27-22-5-12(6-22)7-22/h3-4,12-14,17H,2,5-11H2,1H3,(H,27,33)(H2,26,28,29,32)/t12?,14-,17-,22?/m1/s1. The number of nitrogens with zero attached hydrogens (tertiary/aromatic N) is 3. The zero-order chi connectivity index (χ0) is 25.1. The van der Waals surface area contributed by atoms with Gasteiger partial charge in [0.25, 0.3) is 5.91 Å². The molecule has 2 aromatic heterocycles. The molecule has 13 heteroatoms. The summed E-state index contributed by atoms with van der Waals surface area (Å²) in [6.07, 6.45) is 2.13. The highest BCUT2D eigenvalue weighted by Crippen LogP contribution is 2.57. The largest absolute Gasteiger partial charge is 0.476 e. The third-order valence-electron chi connectivity index (χ3n) is 7.56. The molecule has 0 radical (unpaired) electrons. The maximum Gasteiger partial charge on any atom is 0.407 e. The van der Waals surface area contributed by atoms with Gasteiger partial charge in [0.2, 0.25) is 11.8 Å². The molecule has 3 N–H and O–H groups in total. The summed E-state index contributed by atoms with van der Waals surface area (Å²) in [6, 6.07) is 3.12. The molecule has 4 aliphatic carbocycles. The minimum atomic E-state index is -2.60. The van der Waals surface area contributed by atoms with Crippen molar-refractivity contribution in [2.45, 2.75) is 62.2 Å². The average molecular weight is 507 g/mol. The van der Waals surface area contributed by atoms with Crippen LogP contribution in [0.25, 0.3) is 0 Å². The first-order valence-corrected chi connectivity index (χ1v) is 12.2. The molecule has 2 bridgehead atoms. The van der Waals surface area contributed by atoms with E-state index in [1.807, 2.05) is 0 Å². The van der Waals surface area contributed by atoms with E-state index in [0.717, 1.165) is 25.2 Å². The second-order valence-corrected chi connectivity index (χ2v) is 10.6. The topological polar surface area (TPSA) is 132 Å². The third kappa shape index (κ3) is 4.51.